The van der Waals surface area contributed by atoms with E-state index in [0.29, 0.717) is 22.3 Å². The lowest BCUT2D eigenvalue weighted by Crippen LogP contribution is -2.43. The van der Waals surface area contributed by atoms with Gasteiger partial charge in [-0.05, 0) is 23.7 Å². The highest BCUT2D eigenvalue weighted by atomic mass is 16.5. The SMILES string of the molecule is CN=C(NC1C(C)(C)C1(C)C)N1CCC2(CCOC2)C1. The quantitative estimate of drug-likeness (QED) is 0.590. The molecule has 1 unspecified atom stereocenters. The van der Waals surface area contributed by atoms with Gasteiger partial charge in [0.1, 0.15) is 0 Å². The Morgan fingerprint density at radius 3 is 2.40 bits per heavy atom. The molecular weight excluding hydrogens is 250 g/mol. The van der Waals surface area contributed by atoms with Gasteiger partial charge in [0.05, 0.1) is 6.61 Å². The zero-order valence-corrected chi connectivity index (χ0v) is 13.6. The second-order valence-corrected chi connectivity index (χ2v) is 8.04. The Hall–Kier alpha value is -0.770. The summed E-state index contributed by atoms with van der Waals surface area (Å²) in [5, 5.41) is 3.70. The monoisotopic (exact) mass is 279 g/mol. The molecule has 0 bridgehead atoms. The predicted molar refractivity (Wildman–Crippen MR) is 81.9 cm³/mol. The molecule has 1 atom stereocenters. The molecule has 0 aromatic rings. The summed E-state index contributed by atoms with van der Waals surface area (Å²) in [6.07, 6.45) is 2.45. The van der Waals surface area contributed by atoms with Crippen LogP contribution in [0, 0.1) is 16.2 Å². The van der Waals surface area contributed by atoms with Gasteiger partial charge >= 0.3 is 0 Å². The topological polar surface area (TPSA) is 36.9 Å². The minimum atomic E-state index is 0.344. The van der Waals surface area contributed by atoms with E-state index < -0.39 is 0 Å². The average molecular weight is 279 g/mol. The number of rotatable bonds is 1. The molecule has 0 radical (unpaired) electrons. The first-order valence-corrected chi connectivity index (χ1v) is 7.88. The Bertz CT molecular complexity index is 407. The van der Waals surface area contributed by atoms with Crippen LogP contribution in [-0.4, -0.2) is 50.3 Å². The summed E-state index contributed by atoms with van der Waals surface area (Å²) in [6, 6.07) is 0.519. The number of hydrogen-bond donors (Lipinski definition) is 1. The molecule has 4 heteroatoms. The maximum absolute atomic E-state index is 5.62. The summed E-state index contributed by atoms with van der Waals surface area (Å²) in [5.41, 5.74) is 1.08. The van der Waals surface area contributed by atoms with Crippen molar-refractivity contribution in [2.24, 2.45) is 21.2 Å². The lowest BCUT2D eigenvalue weighted by Gasteiger charge is -2.25. The molecule has 0 aromatic heterocycles. The van der Waals surface area contributed by atoms with Crippen molar-refractivity contribution < 1.29 is 4.74 Å². The van der Waals surface area contributed by atoms with Gasteiger partial charge in [0.25, 0.3) is 0 Å². The zero-order chi connectivity index (χ0) is 14.6. The van der Waals surface area contributed by atoms with Crippen LogP contribution in [0.2, 0.25) is 0 Å². The first kappa shape index (κ1) is 14.2. The molecular formula is C16H29N3O. The van der Waals surface area contributed by atoms with Crippen molar-refractivity contribution in [2.75, 3.05) is 33.4 Å². The van der Waals surface area contributed by atoms with E-state index in [1.54, 1.807) is 0 Å². The molecule has 2 aliphatic heterocycles. The molecule has 0 amide bonds. The molecule has 3 rings (SSSR count). The number of hydrogen-bond acceptors (Lipinski definition) is 2. The standard InChI is InChI=1S/C16H29N3O/c1-14(2)12(15(14,3)4)18-13(17-5)19-8-6-16(10-19)7-9-20-11-16/h12H,6-11H2,1-5H3,(H,17,18). The van der Waals surface area contributed by atoms with Crippen molar-refractivity contribution in [1.29, 1.82) is 0 Å². The maximum atomic E-state index is 5.62. The van der Waals surface area contributed by atoms with Crippen LogP contribution in [0.25, 0.3) is 0 Å². The highest BCUT2D eigenvalue weighted by Gasteiger charge is 2.65. The Labute approximate surface area is 123 Å². The van der Waals surface area contributed by atoms with Gasteiger partial charge in [-0.3, -0.25) is 4.99 Å². The average Bonchev–Trinajstić information content (AvgIpc) is 2.88. The zero-order valence-electron chi connectivity index (χ0n) is 13.6. The first-order chi connectivity index (χ1) is 9.32. The van der Waals surface area contributed by atoms with Crippen molar-refractivity contribution in [3.05, 3.63) is 0 Å². The second kappa shape index (κ2) is 4.36. The molecule has 1 aliphatic carbocycles. The third-order valence-corrected chi connectivity index (χ3v) is 6.43. The van der Waals surface area contributed by atoms with E-state index in [1.807, 2.05) is 7.05 Å². The third kappa shape index (κ3) is 1.95. The Morgan fingerprint density at radius 1 is 1.20 bits per heavy atom. The maximum Gasteiger partial charge on any atom is 0.193 e. The van der Waals surface area contributed by atoms with Crippen LogP contribution in [0.1, 0.15) is 40.5 Å². The van der Waals surface area contributed by atoms with Crippen LogP contribution >= 0.6 is 0 Å². The Balaban J connectivity index is 1.65. The van der Waals surface area contributed by atoms with Crippen LogP contribution in [0.15, 0.2) is 4.99 Å². The summed E-state index contributed by atoms with van der Waals surface area (Å²) in [7, 11) is 1.90. The summed E-state index contributed by atoms with van der Waals surface area (Å²) >= 11 is 0. The highest BCUT2D eigenvalue weighted by Crippen LogP contribution is 2.62. The van der Waals surface area contributed by atoms with E-state index in [1.165, 1.54) is 12.8 Å². The van der Waals surface area contributed by atoms with Crippen molar-refractivity contribution in [1.82, 2.24) is 10.2 Å². The largest absolute Gasteiger partial charge is 0.381 e. The number of likely N-dealkylation sites (tertiary alicyclic amines) is 1. The van der Waals surface area contributed by atoms with Crippen molar-refractivity contribution in [3.8, 4) is 0 Å². The fourth-order valence-corrected chi connectivity index (χ4v) is 4.07. The third-order valence-electron chi connectivity index (χ3n) is 6.43. The van der Waals surface area contributed by atoms with Gasteiger partial charge < -0.3 is 15.0 Å². The second-order valence-electron chi connectivity index (χ2n) is 8.04. The van der Waals surface area contributed by atoms with Crippen LogP contribution in [-0.2, 0) is 4.74 Å². The number of guanidine groups is 1. The fraction of sp³-hybridized carbons (Fsp3) is 0.938. The molecule has 3 aliphatic rings. The van der Waals surface area contributed by atoms with Gasteiger partial charge in [-0.25, -0.2) is 0 Å². The van der Waals surface area contributed by atoms with Crippen LogP contribution in [0.5, 0.6) is 0 Å². The molecule has 2 heterocycles. The smallest absolute Gasteiger partial charge is 0.193 e. The number of ether oxygens (including phenoxy) is 1. The minimum Gasteiger partial charge on any atom is -0.381 e. The van der Waals surface area contributed by atoms with Gasteiger partial charge in [0.2, 0.25) is 0 Å². The van der Waals surface area contributed by atoms with E-state index in [-0.39, 0.29) is 0 Å². The molecule has 1 spiro atoms. The molecule has 20 heavy (non-hydrogen) atoms. The lowest BCUT2D eigenvalue weighted by atomic mass is 9.87. The van der Waals surface area contributed by atoms with Crippen molar-refractivity contribution in [2.45, 2.75) is 46.6 Å². The van der Waals surface area contributed by atoms with E-state index in [0.717, 1.165) is 32.3 Å². The minimum absolute atomic E-state index is 0.344. The highest BCUT2D eigenvalue weighted by molar-refractivity contribution is 5.81. The summed E-state index contributed by atoms with van der Waals surface area (Å²) in [4.78, 5) is 6.96. The van der Waals surface area contributed by atoms with E-state index in [4.69, 9.17) is 4.74 Å². The van der Waals surface area contributed by atoms with Gasteiger partial charge in [0, 0.05) is 38.2 Å². The normalized spacial score (nSPS) is 35.9. The van der Waals surface area contributed by atoms with Gasteiger partial charge in [-0.1, -0.05) is 27.7 Å². The van der Waals surface area contributed by atoms with Gasteiger partial charge in [-0.15, -0.1) is 0 Å². The summed E-state index contributed by atoms with van der Waals surface area (Å²) < 4.78 is 5.62. The fourth-order valence-electron chi connectivity index (χ4n) is 4.07. The molecule has 4 nitrogen and oxygen atoms in total. The van der Waals surface area contributed by atoms with Gasteiger partial charge in [0.15, 0.2) is 5.96 Å². The van der Waals surface area contributed by atoms with Crippen LogP contribution < -0.4 is 5.32 Å². The van der Waals surface area contributed by atoms with Crippen molar-refractivity contribution >= 4 is 5.96 Å². The molecule has 2 saturated heterocycles. The summed E-state index contributed by atoms with van der Waals surface area (Å²) in [5.74, 6) is 1.08. The molecule has 0 aromatic carbocycles. The molecule has 1 saturated carbocycles. The summed E-state index contributed by atoms with van der Waals surface area (Å²) in [6.45, 7) is 13.4. The number of aliphatic imine (C=N–C) groups is 1. The van der Waals surface area contributed by atoms with Crippen molar-refractivity contribution in [3.63, 3.8) is 0 Å². The Morgan fingerprint density at radius 2 is 1.90 bits per heavy atom. The number of nitrogens with zero attached hydrogens (tertiary/aromatic N) is 2. The van der Waals surface area contributed by atoms with E-state index >= 15 is 0 Å². The lowest BCUT2D eigenvalue weighted by molar-refractivity contribution is 0.156. The first-order valence-electron chi connectivity index (χ1n) is 7.88. The number of nitrogens with one attached hydrogen (secondary N) is 1. The van der Waals surface area contributed by atoms with Gasteiger partial charge in [-0.2, -0.15) is 0 Å². The van der Waals surface area contributed by atoms with Crippen LogP contribution in [0.3, 0.4) is 0 Å². The van der Waals surface area contributed by atoms with E-state index in [2.05, 4.69) is 42.9 Å². The predicted octanol–water partition coefficient (Wildman–Crippen LogP) is 2.11. The van der Waals surface area contributed by atoms with E-state index in [9.17, 15) is 0 Å². The Kier molecular flexibility index (Phi) is 3.09. The molecule has 114 valence electrons. The molecule has 1 N–H and O–H groups in total. The molecule has 3 fully saturated rings. The van der Waals surface area contributed by atoms with Crippen LogP contribution in [0.4, 0.5) is 0 Å².